The Morgan fingerprint density at radius 1 is 1.39 bits per heavy atom. The molecule has 2 saturated heterocycles. The summed E-state index contributed by atoms with van der Waals surface area (Å²) in [7, 11) is -3.21. The molecule has 1 amide bonds. The van der Waals surface area contributed by atoms with E-state index in [2.05, 4.69) is 11.6 Å². The Morgan fingerprint density at radius 3 is 2.81 bits per heavy atom. The number of anilines is 1. The molecule has 0 aliphatic carbocycles. The van der Waals surface area contributed by atoms with Crippen molar-refractivity contribution in [1.29, 1.82) is 0 Å². The first-order valence-electron chi connectivity index (χ1n) is 10.5. The van der Waals surface area contributed by atoms with Crippen LogP contribution in [0.25, 0.3) is 0 Å². The van der Waals surface area contributed by atoms with Crippen LogP contribution in [0.4, 0.5) is 5.69 Å². The van der Waals surface area contributed by atoms with Gasteiger partial charge in [0.05, 0.1) is 29.6 Å². The third-order valence-electron chi connectivity index (χ3n) is 6.01. The molecule has 1 aromatic heterocycles. The van der Waals surface area contributed by atoms with E-state index >= 15 is 0 Å². The Bertz CT molecular complexity index is 1030. The molecule has 0 bridgehead atoms. The molecule has 2 aliphatic heterocycles. The fourth-order valence-electron chi connectivity index (χ4n) is 4.37. The number of halogens is 1. The molecule has 0 saturated carbocycles. The molecular weight excluding hydrogens is 434 g/mol. The van der Waals surface area contributed by atoms with Crippen LogP contribution >= 0.6 is 11.6 Å². The highest BCUT2D eigenvalue weighted by Gasteiger charge is 2.43. The van der Waals surface area contributed by atoms with Gasteiger partial charge in [0.1, 0.15) is 0 Å². The Morgan fingerprint density at radius 2 is 2.13 bits per heavy atom. The number of rotatable bonds is 7. The van der Waals surface area contributed by atoms with Crippen molar-refractivity contribution < 1.29 is 13.2 Å². The lowest BCUT2D eigenvalue weighted by molar-refractivity contribution is -0.117. The number of pyridine rings is 1. The summed E-state index contributed by atoms with van der Waals surface area (Å²) in [6.07, 6.45) is 10.2. The molecule has 2 fully saturated rings. The summed E-state index contributed by atoms with van der Waals surface area (Å²) in [5, 5.41) is 0.527. The first-order chi connectivity index (χ1) is 14.6. The van der Waals surface area contributed by atoms with Crippen molar-refractivity contribution in [2.24, 2.45) is 0 Å². The topological polar surface area (TPSA) is 70.6 Å². The van der Waals surface area contributed by atoms with Gasteiger partial charge in [-0.05, 0) is 56.0 Å². The van der Waals surface area contributed by atoms with E-state index in [9.17, 15) is 13.2 Å². The first kappa shape index (κ1) is 23.7. The largest absolute Gasteiger partial charge is 0.301 e. The highest BCUT2D eigenvalue weighted by molar-refractivity contribution is 7.89. The second-order valence-corrected chi connectivity index (χ2v) is 11.1. The lowest BCUT2D eigenvalue weighted by atomic mass is 9.93. The first-order valence-corrected chi connectivity index (χ1v) is 12.5. The SMILES string of the molecule is C=C/C=C(Cl)\C=C1/CC(=O)N(c2cncc(C3CCN(S(=O)(=O)CCC)C3)c2)C1(C)C. The van der Waals surface area contributed by atoms with E-state index in [4.69, 9.17) is 11.6 Å². The van der Waals surface area contributed by atoms with Crippen molar-refractivity contribution >= 4 is 33.2 Å². The van der Waals surface area contributed by atoms with Crippen molar-refractivity contribution in [2.75, 3.05) is 23.7 Å². The standard InChI is InChI=1S/C23H30ClN3O3S/c1-5-7-20(24)12-19-13-22(28)27(23(19,3)4)21-11-18(14-25-15-21)17-8-9-26(16-17)31(29,30)10-6-2/h5,7,11-12,14-15,17H,1,6,8-10,13,16H2,2-4H3/b19-12+,20-7+. The maximum absolute atomic E-state index is 12.9. The number of allylic oxidation sites excluding steroid dienone is 4. The lowest BCUT2D eigenvalue weighted by Gasteiger charge is -2.33. The van der Waals surface area contributed by atoms with Crippen LogP contribution in [0.5, 0.6) is 0 Å². The van der Waals surface area contributed by atoms with Gasteiger partial charge in [0, 0.05) is 30.2 Å². The van der Waals surface area contributed by atoms with E-state index < -0.39 is 15.6 Å². The van der Waals surface area contributed by atoms with Crippen molar-refractivity contribution in [3.8, 4) is 0 Å². The van der Waals surface area contributed by atoms with Crippen LogP contribution in [0.3, 0.4) is 0 Å². The Kier molecular flexibility index (Phi) is 7.08. The molecule has 0 radical (unpaired) electrons. The molecule has 31 heavy (non-hydrogen) atoms. The molecule has 3 heterocycles. The maximum Gasteiger partial charge on any atom is 0.231 e. The van der Waals surface area contributed by atoms with Crippen LogP contribution in [0.1, 0.15) is 51.5 Å². The molecule has 3 rings (SSSR count). The highest BCUT2D eigenvalue weighted by Crippen LogP contribution is 2.40. The highest BCUT2D eigenvalue weighted by atomic mass is 35.5. The quantitative estimate of drug-likeness (QED) is 0.563. The number of amides is 1. The molecule has 168 valence electrons. The third-order valence-corrected chi connectivity index (χ3v) is 8.28. The molecule has 0 N–H and O–H groups in total. The number of carbonyl (C=O) groups is 1. The lowest BCUT2D eigenvalue weighted by Crippen LogP contribution is -2.42. The second-order valence-electron chi connectivity index (χ2n) is 8.56. The van der Waals surface area contributed by atoms with Crippen LogP contribution in [0, 0.1) is 0 Å². The molecule has 1 atom stereocenters. The van der Waals surface area contributed by atoms with Gasteiger partial charge < -0.3 is 4.90 Å². The molecule has 8 heteroatoms. The minimum absolute atomic E-state index is 0.0168. The number of nitrogens with zero attached hydrogens (tertiary/aromatic N) is 3. The van der Waals surface area contributed by atoms with Gasteiger partial charge in [-0.25, -0.2) is 12.7 Å². The molecule has 0 spiro atoms. The van der Waals surface area contributed by atoms with Gasteiger partial charge in [0.15, 0.2) is 0 Å². The third kappa shape index (κ3) is 4.94. The van der Waals surface area contributed by atoms with E-state index in [1.54, 1.807) is 33.8 Å². The summed E-state index contributed by atoms with van der Waals surface area (Å²) < 4.78 is 26.4. The van der Waals surface area contributed by atoms with Crippen LogP contribution in [0.15, 0.2) is 53.9 Å². The van der Waals surface area contributed by atoms with Gasteiger partial charge in [-0.1, -0.05) is 31.2 Å². The minimum atomic E-state index is -3.21. The Labute approximate surface area is 190 Å². The summed E-state index contributed by atoms with van der Waals surface area (Å²) in [5.74, 6) is 0.226. The zero-order valence-electron chi connectivity index (χ0n) is 18.3. The predicted octanol–water partition coefficient (Wildman–Crippen LogP) is 4.36. The summed E-state index contributed by atoms with van der Waals surface area (Å²) in [6, 6.07) is 1.97. The van der Waals surface area contributed by atoms with E-state index in [0.717, 1.165) is 23.2 Å². The van der Waals surface area contributed by atoms with Crippen LogP contribution in [-0.4, -0.2) is 48.0 Å². The van der Waals surface area contributed by atoms with Crippen LogP contribution in [0.2, 0.25) is 0 Å². The van der Waals surface area contributed by atoms with Crippen molar-refractivity contribution in [3.63, 3.8) is 0 Å². The van der Waals surface area contributed by atoms with Crippen molar-refractivity contribution in [3.05, 3.63) is 59.4 Å². The van der Waals surface area contributed by atoms with Gasteiger partial charge in [-0.15, -0.1) is 0 Å². The van der Waals surface area contributed by atoms with Crippen LogP contribution in [-0.2, 0) is 14.8 Å². The summed E-state index contributed by atoms with van der Waals surface area (Å²) >= 11 is 6.23. The number of hydrogen-bond acceptors (Lipinski definition) is 4. The van der Waals surface area contributed by atoms with Gasteiger partial charge in [0.2, 0.25) is 15.9 Å². The van der Waals surface area contributed by atoms with Crippen molar-refractivity contribution in [2.45, 2.75) is 51.5 Å². The van der Waals surface area contributed by atoms with Gasteiger partial charge in [-0.2, -0.15) is 0 Å². The van der Waals surface area contributed by atoms with Gasteiger partial charge >= 0.3 is 0 Å². The Balaban J connectivity index is 1.86. The zero-order chi connectivity index (χ0) is 22.8. The maximum atomic E-state index is 12.9. The van der Waals surface area contributed by atoms with Crippen LogP contribution < -0.4 is 4.90 Å². The Hall–Kier alpha value is -1.96. The number of carbonyl (C=O) groups excluding carboxylic acids is 1. The van der Waals surface area contributed by atoms with Gasteiger partial charge in [-0.3, -0.25) is 9.78 Å². The second kappa shape index (κ2) is 9.27. The summed E-state index contributed by atoms with van der Waals surface area (Å²) in [4.78, 5) is 19.1. The molecule has 6 nitrogen and oxygen atoms in total. The summed E-state index contributed by atoms with van der Waals surface area (Å²) in [5.41, 5.74) is 2.04. The number of hydrogen-bond donors (Lipinski definition) is 0. The van der Waals surface area contributed by atoms with E-state index in [1.165, 1.54) is 0 Å². The smallest absolute Gasteiger partial charge is 0.231 e. The van der Waals surface area contributed by atoms with Crippen molar-refractivity contribution in [1.82, 2.24) is 9.29 Å². The number of sulfonamides is 1. The molecular formula is C23H30ClN3O3S. The average molecular weight is 464 g/mol. The average Bonchev–Trinajstić information content (AvgIpc) is 3.26. The molecule has 2 aliphatic rings. The zero-order valence-corrected chi connectivity index (χ0v) is 19.9. The monoisotopic (exact) mass is 463 g/mol. The van der Waals surface area contributed by atoms with Gasteiger partial charge in [0.25, 0.3) is 0 Å². The van der Waals surface area contributed by atoms with E-state index in [-0.39, 0.29) is 24.0 Å². The molecule has 0 aromatic carbocycles. The van der Waals surface area contributed by atoms with E-state index in [1.807, 2.05) is 32.9 Å². The fraction of sp³-hybridized carbons (Fsp3) is 0.478. The van der Waals surface area contributed by atoms with E-state index in [0.29, 0.717) is 24.5 Å². The minimum Gasteiger partial charge on any atom is -0.301 e. The predicted molar refractivity (Wildman–Crippen MR) is 126 cm³/mol. The molecule has 1 unspecified atom stereocenters. The molecule has 1 aromatic rings. The number of aromatic nitrogens is 1. The summed E-state index contributed by atoms with van der Waals surface area (Å²) in [6.45, 7) is 10.5. The fourth-order valence-corrected chi connectivity index (χ4v) is 6.15. The normalized spacial score (nSPS) is 23.7.